The molecule has 1 saturated heterocycles. The zero-order chi connectivity index (χ0) is 18.4. The smallest absolute Gasteiger partial charge is 0.410 e. The summed E-state index contributed by atoms with van der Waals surface area (Å²) in [5.74, 6) is 0. The van der Waals surface area contributed by atoms with E-state index in [1.165, 1.54) is 4.88 Å². The molecule has 0 aliphatic carbocycles. The van der Waals surface area contributed by atoms with Crippen LogP contribution in [0.3, 0.4) is 0 Å². The molecular formula is C19H25N3O3S. The average molecular weight is 375 g/mol. The quantitative estimate of drug-likeness (QED) is 0.840. The Kier molecular flexibility index (Phi) is 6.60. The second-order valence-electron chi connectivity index (χ2n) is 6.41. The Morgan fingerprint density at radius 2 is 2.27 bits per heavy atom. The lowest BCUT2D eigenvalue weighted by Gasteiger charge is -2.33. The highest BCUT2D eigenvalue weighted by Crippen LogP contribution is 2.21. The molecule has 1 aliphatic heterocycles. The molecule has 1 aromatic heterocycles. The predicted molar refractivity (Wildman–Crippen MR) is 101 cm³/mol. The molecule has 6 nitrogen and oxygen atoms in total. The molecular weight excluding hydrogens is 350 g/mol. The number of thiazole rings is 1. The molecule has 0 saturated carbocycles. The van der Waals surface area contributed by atoms with E-state index in [9.17, 15) is 4.79 Å². The van der Waals surface area contributed by atoms with E-state index < -0.39 is 0 Å². The first-order valence-electron chi connectivity index (χ1n) is 8.84. The monoisotopic (exact) mass is 375 g/mol. The standard InChI is InChI=1S/C19H25N3O3S/c1-14(18-15(2)21-13-26-18)20-10-17-11-22(8-9-24-17)19(23)25-12-16-6-4-3-5-7-16/h3-7,13-14,17,20H,8-12H2,1-2H3. The average Bonchev–Trinajstić information content (AvgIpc) is 3.11. The molecule has 2 unspecified atom stereocenters. The number of benzene rings is 1. The van der Waals surface area contributed by atoms with Gasteiger partial charge >= 0.3 is 6.09 Å². The molecule has 0 radical (unpaired) electrons. The van der Waals surface area contributed by atoms with Gasteiger partial charge in [0.1, 0.15) is 6.61 Å². The van der Waals surface area contributed by atoms with Crippen LogP contribution >= 0.6 is 11.3 Å². The van der Waals surface area contributed by atoms with Crippen molar-refractivity contribution in [2.45, 2.75) is 32.6 Å². The number of aryl methyl sites for hydroxylation is 1. The van der Waals surface area contributed by atoms with E-state index in [4.69, 9.17) is 9.47 Å². The van der Waals surface area contributed by atoms with E-state index in [1.807, 2.05) is 42.8 Å². The second-order valence-corrected chi connectivity index (χ2v) is 7.30. The topological polar surface area (TPSA) is 63.7 Å². The first kappa shape index (κ1) is 18.8. The zero-order valence-electron chi connectivity index (χ0n) is 15.2. The van der Waals surface area contributed by atoms with Gasteiger partial charge in [0.2, 0.25) is 0 Å². The van der Waals surface area contributed by atoms with E-state index in [2.05, 4.69) is 17.2 Å². The minimum Gasteiger partial charge on any atom is -0.445 e. The SMILES string of the molecule is Cc1ncsc1C(C)NCC1CN(C(=O)OCc2ccccc2)CCO1. The summed E-state index contributed by atoms with van der Waals surface area (Å²) in [6.45, 7) is 6.74. The van der Waals surface area contributed by atoms with Gasteiger partial charge in [0.05, 0.1) is 30.5 Å². The minimum absolute atomic E-state index is 0.0382. The lowest BCUT2D eigenvalue weighted by molar-refractivity contribution is -0.0278. The van der Waals surface area contributed by atoms with Crippen LogP contribution in [0.4, 0.5) is 4.79 Å². The van der Waals surface area contributed by atoms with Crippen LogP contribution in [-0.4, -0.2) is 48.3 Å². The highest BCUT2D eigenvalue weighted by molar-refractivity contribution is 7.09. The van der Waals surface area contributed by atoms with Crippen molar-refractivity contribution in [2.24, 2.45) is 0 Å². The van der Waals surface area contributed by atoms with Gasteiger partial charge in [-0.05, 0) is 19.4 Å². The van der Waals surface area contributed by atoms with Gasteiger partial charge in [0.25, 0.3) is 0 Å². The number of hydrogen-bond donors (Lipinski definition) is 1. The summed E-state index contributed by atoms with van der Waals surface area (Å²) in [6.07, 6.45) is -0.322. The number of carbonyl (C=O) groups excluding carboxylic acids is 1. The minimum atomic E-state index is -0.284. The Bertz CT molecular complexity index is 707. The number of rotatable bonds is 6. The molecule has 0 spiro atoms. The van der Waals surface area contributed by atoms with Crippen molar-refractivity contribution in [1.29, 1.82) is 0 Å². The summed E-state index contributed by atoms with van der Waals surface area (Å²) in [5.41, 5.74) is 3.91. The molecule has 1 N–H and O–H groups in total. The summed E-state index contributed by atoms with van der Waals surface area (Å²) in [5, 5.41) is 3.48. The van der Waals surface area contributed by atoms with Gasteiger partial charge in [-0.3, -0.25) is 0 Å². The van der Waals surface area contributed by atoms with Crippen LogP contribution in [0.15, 0.2) is 35.8 Å². The number of carbonyl (C=O) groups is 1. The van der Waals surface area contributed by atoms with Gasteiger partial charge in [-0.2, -0.15) is 0 Å². The Balaban J connectivity index is 1.44. The number of aromatic nitrogens is 1. The molecule has 140 valence electrons. The maximum absolute atomic E-state index is 12.3. The van der Waals surface area contributed by atoms with Crippen molar-refractivity contribution in [3.63, 3.8) is 0 Å². The fraction of sp³-hybridized carbons (Fsp3) is 0.474. The summed E-state index contributed by atoms with van der Waals surface area (Å²) in [4.78, 5) is 19.6. The number of hydrogen-bond acceptors (Lipinski definition) is 6. The summed E-state index contributed by atoms with van der Waals surface area (Å²) in [6, 6.07) is 9.92. The van der Waals surface area contributed by atoms with Gasteiger partial charge in [-0.15, -0.1) is 11.3 Å². The molecule has 26 heavy (non-hydrogen) atoms. The Morgan fingerprint density at radius 1 is 1.46 bits per heavy atom. The van der Waals surface area contributed by atoms with Crippen LogP contribution in [0, 0.1) is 6.92 Å². The van der Waals surface area contributed by atoms with Gasteiger partial charge < -0.3 is 19.7 Å². The number of morpholine rings is 1. The van der Waals surface area contributed by atoms with E-state index >= 15 is 0 Å². The van der Waals surface area contributed by atoms with Crippen LogP contribution in [0.2, 0.25) is 0 Å². The molecule has 1 amide bonds. The van der Waals surface area contributed by atoms with Crippen molar-refractivity contribution >= 4 is 17.4 Å². The second kappa shape index (κ2) is 9.12. The Labute approximate surface area is 158 Å². The maximum atomic E-state index is 12.3. The van der Waals surface area contributed by atoms with Crippen LogP contribution < -0.4 is 5.32 Å². The molecule has 2 heterocycles. The number of nitrogens with zero attached hydrogens (tertiary/aromatic N) is 2. The van der Waals surface area contributed by atoms with Gasteiger partial charge in [-0.25, -0.2) is 9.78 Å². The number of nitrogens with one attached hydrogen (secondary N) is 1. The third-order valence-corrected chi connectivity index (χ3v) is 5.54. The molecule has 1 aromatic carbocycles. The molecule has 1 aliphatic rings. The summed E-state index contributed by atoms with van der Waals surface area (Å²) >= 11 is 1.66. The van der Waals surface area contributed by atoms with Crippen LogP contribution in [0.1, 0.15) is 29.1 Å². The van der Waals surface area contributed by atoms with Crippen LogP contribution in [-0.2, 0) is 16.1 Å². The van der Waals surface area contributed by atoms with Crippen molar-refractivity contribution in [3.8, 4) is 0 Å². The summed E-state index contributed by atoms with van der Waals surface area (Å²) in [7, 11) is 0. The van der Waals surface area contributed by atoms with Crippen LogP contribution in [0.5, 0.6) is 0 Å². The van der Waals surface area contributed by atoms with Crippen LogP contribution in [0.25, 0.3) is 0 Å². The van der Waals surface area contributed by atoms with Crippen molar-refractivity contribution in [3.05, 3.63) is 52.0 Å². The van der Waals surface area contributed by atoms with Crippen molar-refractivity contribution in [1.82, 2.24) is 15.2 Å². The molecule has 3 rings (SSSR count). The maximum Gasteiger partial charge on any atom is 0.410 e. The molecule has 0 bridgehead atoms. The fourth-order valence-corrected chi connectivity index (χ4v) is 3.78. The van der Waals surface area contributed by atoms with Gasteiger partial charge in [0, 0.05) is 24.0 Å². The van der Waals surface area contributed by atoms with Crippen molar-refractivity contribution < 1.29 is 14.3 Å². The molecule has 1 fully saturated rings. The van der Waals surface area contributed by atoms with E-state index in [0.29, 0.717) is 32.8 Å². The molecule has 2 atom stereocenters. The number of ether oxygens (including phenoxy) is 2. The highest BCUT2D eigenvalue weighted by atomic mass is 32.1. The zero-order valence-corrected chi connectivity index (χ0v) is 16.0. The largest absolute Gasteiger partial charge is 0.445 e. The normalized spacial score (nSPS) is 18.5. The third kappa shape index (κ3) is 5.03. The van der Waals surface area contributed by atoms with Gasteiger partial charge in [0.15, 0.2) is 0 Å². The molecule has 7 heteroatoms. The predicted octanol–water partition coefficient (Wildman–Crippen LogP) is 3.14. The van der Waals surface area contributed by atoms with E-state index in [1.54, 1.807) is 16.2 Å². The Hall–Kier alpha value is -1.96. The first-order valence-corrected chi connectivity index (χ1v) is 9.72. The number of amides is 1. The van der Waals surface area contributed by atoms with Crippen molar-refractivity contribution in [2.75, 3.05) is 26.2 Å². The molecule has 2 aromatic rings. The third-order valence-electron chi connectivity index (χ3n) is 4.43. The van der Waals surface area contributed by atoms with Gasteiger partial charge in [-0.1, -0.05) is 30.3 Å². The highest BCUT2D eigenvalue weighted by Gasteiger charge is 2.25. The lowest BCUT2D eigenvalue weighted by atomic mass is 10.2. The van der Waals surface area contributed by atoms with E-state index in [0.717, 1.165) is 11.3 Å². The van der Waals surface area contributed by atoms with E-state index in [-0.39, 0.29) is 18.2 Å². The Morgan fingerprint density at radius 3 is 3.00 bits per heavy atom. The lowest BCUT2D eigenvalue weighted by Crippen LogP contribution is -2.49. The fourth-order valence-electron chi connectivity index (χ4n) is 2.95. The first-order chi connectivity index (χ1) is 12.6. The summed E-state index contributed by atoms with van der Waals surface area (Å²) < 4.78 is 11.2.